The van der Waals surface area contributed by atoms with Crippen molar-refractivity contribution in [1.82, 2.24) is 20.4 Å². The van der Waals surface area contributed by atoms with E-state index in [1.807, 2.05) is 6.07 Å². The maximum Gasteiger partial charge on any atom is 0.191 e. The standard InChI is InChI=1S/C21H29N5O/c1-4-22-21(24-15-18-14-19(16(2)3)25-27-18)23-11-7-12-26-13-10-17-8-5-6-9-20(17)26/h5-6,8-10,13-14,16H,4,7,11-12,15H2,1-3H3,(H2,22,23,24). The Labute approximate surface area is 160 Å². The highest BCUT2D eigenvalue weighted by atomic mass is 16.5. The first-order valence-electron chi connectivity index (χ1n) is 9.69. The number of guanidine groups is 1. The van der Waals surface area contributed by atoms with E-state index >= 15 is 0 Å². The smallest absolute Gasteiger partial charge is 0.191 e. The summed E-state index contributed by atoms with van der Waals surface area (Å²) in [5.74, 6) is 1.95. The predicted octanol–water partition coefficient (Wildman–Crippen LogP) is 3.90. The fourth-order valence-corrected chi connectivity index (χ4v) is 2.97. The molecule has 0 amide bonds. The molecule has 6 nitrogen and oxygen atoms in total. The van der Waals surface area contributed by atoms with E-state index in [9.17, 15) is 0 Å². The highest BCUT2D eigenvalue weighted by Gasteiger charge is 2.07. The summed E-state index contributed by atoms with van der Waals surface area (Å²) in [6.45, 7) is 9.40. The van der Waals surface area contributed by atoms with Crippen LogP contribution in [0.4, 0.5) is 0 Å². The van der Waals surface area contributed by atoms with Crippen molar-refractivity contribution in [3.05, 3.63) is 54.0 Å². The average Bonchev–Trinajstić information content (AvgIpc) is 3.30. The quantitative estimate of drug-likeness (QED) is 0.360. The third kappa shape index (κ3) is 5.12. The summed E-state index contributed by atoms with van der Waals surface area (Å²) < 4.78 is 7.65. The summed E-state index contributed by atoms with van der Waals surface area (Å²) in [5, 5.41) is 12.0. The Morgan fingerprint density at radius 2 is 2.07 bits per heavy atom. The number of aliphatic imine (C=N–C) groups is 1. The van der Waals surface area contributed by atoms with Crippen LogP contribution in [0.5, 0.6) is 0 Å². The van der Waals surface area contributed by atoms with Crippen LogP contribution in [0, 0.1) is 0 Å². The summed E-state index contributed by atoms with van der Waals surface area (Å²) in [5.41, 5.74) is 2.25. The minimum atomic E-state index is 0.364. The molecule has 3 rings (SSSR count). The molecule has 0 spiro atoms. The van der Waals surface area contributed by atoms with Gasteiger partial charge >= 0.3 is 0 Å². The van der Waals surface area contributed by atoms with Crippen LogP contribution in [0.25, 0.3) is 10.9 Å². The first-order chi connectivity index (χ1) is 13.2. The molecule has 2 aromatic heterocycles. The summed E-state index contributed by atoms with van der Waals surface area (Å²) >= 11 is 0. The molecule has 3 aromatic rings. The van der Waals surface area contributed by atoms with Gasteiger partial charge in [-0.25, -0.2) is 4.99 Å². The van der Waals surface area contributed by atoms with Gasteiger partial charge in [-0.15, -0.1) is 0 Å². The Morgan fingerprint density at radius 3 is 2.85 bits per heavy atom. The Kier molecular flexibility index (Phi) is 6.52. The molecule has 0 unspecified atom stereocenters. The first-order valence-corrected chi connectivity index (χ1v) is 9.69. The summed E-state index contributed by atoms with van der Waals surface area (Å²) in [4.78, 5) is 4.59. The van der Waals surface area contributed by atoms with E-state index in [0.29, 0.717) is 12.5 Å². The van der Waals surface area contributed by atoms with E-state index in [0.717, 1.165) is 43.5 Å². The van der Waals surface area contributed by atoms with Gasteiger partial charge in [0.05, 0.1) is 5.69 Å². The first kappa shape index (κ1) is 19.0. The van der Waals surface area contributed by atoms with Gasteiger partial charge in [-0.3, -0.25) is 0 Å². The van der Waals surface area contributed by atoms with Crippen LogP contribution in [0.15, 0.2) is 52.1 Å². The predicted molar refractivity (Wildman–Crippen MR) is 110 cm³/mol. The highest BCUT2D eigenvalue weighted by molar-refractivity contribution is 5.80. The molecule has 0 aliphatic heterocycles. The monoisotopic (exact) mass is 367 g/mol. The molecule has 144 valence electrons. The number of fused-ring (bicyclic) bond motifs is 1. The molecule has 2 N–H and O–H groups in total. The van der Waals surface area contributed by atoms with Crippen molar-refractivity contribution in [2.45, 2.75) is 46.2 Å². The number of aromatic nitrogens is 2. The Balaban J connectivity index is 1.50. The zero-order chi connectivity index (χ0) is 19.1. The van der Waals surface area contributed by atoms with Crippen LogP contribution in [0.3, 0.4) is 0 Å². The molecule has 0 fully saturated rings. The highest BCUT2D eigenvalue weighted by Crippen LogP contribution is 2.15. The Morgan fingerprint density at radius 1 is 1.22 bits per heavy atom. The molecule has 2 heterocycles. The number of hydrogen-bond acceptors (Lipinski definition) is 3. The second kappa shape index (κ2) is 9.26. The zero-order valence-electron chi connectivity index (χ0n) is 16.4. The molecule has 6 heteroatoms. The lowest BCUT2D eigenvalue weighted by atomic mass is 10.1. The number of benzene rings is 1. The van der Waals surface area contributed by atoms with Gasteiger partial charge in [-0.1, -0.05) is 37.2 Å². The lowest BCUT2D eigenvalue weighted by molar-refractivity contribution is 0.376. The van der Waals surface area contributed by atoms with E-state index in [4.69, 9.17) is 4.52 Å². The number of rotatable bonds is 8. The molecule has 0 aliphatic carbocycles. The van der Waals surface area contributed by atoms with E-state index in [2.05, 4.69) is 82.6 Å². The molecule has 0 saturated carbocycles. The molecule has 0 bridgehead atoms. The molecule has 0 saturated heterocycles. The number of aryl methyl sites for hydroxylation is 1. The van der Waals surface area contributed by atoms with E-state index in [1.54, 1.807) is 0 Å². The Hall–Kier alpha value is -2.76. The third-order valence-electron chi connectivity index (χ3n) is 4.45. The lowest BCUT2D eigenvalue weighted by Crippen LogP contribution is -2.38. The molecule has 0 atom stereocenters. The fraction of sp³-hybridized carbons (Fsp3) is 0.429. The second-order valence-corrected chi connectivity index (χ2v) is 6.92. The minimum Gasteiger partial charge on any atom is -0.359 e. The lowest BCUT2D eigenvalue weighted by Gasteiger charge is -2.11. The minimum absolute atomic E-state index is 0.364. The van der Waals surface area contributed by atoms with Crippen LogP contribution in [-0.4, -0.2) is 28.8 Å². The van der Waals surface area contributed by atoms with E-state index in [1.165, 1.54) is 10.9 Å². The van der Waals surface area contributed by atoms with E-state index in [-0.39, 0.29) is 0 Å². The maximum absolute atomic E-state index is 5.35. The van der Waals surface area contributed by atoms with Crippen molar-refractivity contribution >= 4 is 16.9 Å². The summed E-state index contributed by atoms with van der Waals surface area (Å²) in [6, 6.07) is 12.6. The second-order valence-electron chi connectivity index (χ2n) is 6.92. The summed E-state index contributed by atoms with van der Waals surface area (Å²) in [7, 11) is 0. The van der Waals surface area contributed by atoms with Gasteiger partial charge in [0.2, 0.25) is 0 Å². The Bertz CT molecular complexity index is 877. The topological polar surface area (TPSA) is 67.4 Å². The largest absolute Gasteiger partial charge is 0.359 e. The van der Waals surface area contributed by atoms with Gasteiger partial charge in [0.25, 0.3) is 0 Å². The normalized spacial score (nSPS) is 12.1. The molecule has 0 aliphatic rings. The maximum atomic E-state index is 5.35. The molecule has 1 aromatic carbocycles. The van der Waals surface area contributed by atoms with Crippen molar-refractivity contribution in [3.8, 4) is 0 Å². The van der Waals surface area contributed by atoms with Gasteiger partial charge in [0, 0.05) is 37.4 Å². The number of nitrogens with zero attached hydrogens (tertiary/aromatic N) is 3. The van der Waals surface area contributed by atoms with Crippen LogP contribution < -0.4 is 10.6 Å². The van der Waals surface area contributed by atoms with Gasteiger partial charge in [0.1, 0.15) is 6.54 Å². The molecular weight excluding hydrogens is 338 g/mol. The van der Waals surface area contributed by atoms with Crippen molar-refractivity contribution in [2.24, 2.45) is 4.99 Å². The van der Waals surface area contributed by atoms with Crippen molar-refractivity contribution in [1.29, 1.82) is 0 Å². The van der Waals surface area contributed by atoms with Crippen LogP contribution in [-0.2, 0) is 13.1 Å². The molecular formula is C21H29N5O. The average molecular weight is 367 g/mol. The van der Waals surface area contributed by atoms with Gasteiger partial charge in [-0.2, -0.15) is 0 Å². The van der Waals surface area contributed by atoms with Gasteiger partial charge in [-0.05, 0) is 36.8 Å². The van der Waals surface area contributed by atoms with Crippen molar-refractivity contribution in [3.63, 3.8) is 0 Å². The van der Waals surface area contributed by atoms with Gasteiger partial charge in [0.15, 0.2) is 11.7 Å². The fourth-order valence-electron chi connectivity index (χ4n) is 2.97. The summed E-state index contributed by atoms with van der Waals surface area (Å²) in [6.07, 6.45) is 3.17. The zero-order valence-corrected chi connectivity index (χ0v) is 16.4. The number of para-hydroxylation sites is 1. The molecule has 27 heavy (non-hydrogen) atoms. The van der Waals surface area contributed by atoms with Crippen LogP contribution >= 0.6 is 0 Å². The molecule has 0 radical (unpaired) electrons. The third-order valence-corrected chi connectivity index (χ3v) is 4.45. The van der Waals surface area contributed by atoms with Crippen molar-refractivity contribution in [2.75, 3.05) is 13.1 Å². The number of nitrogens with one attached hydrogen (secondary N) is 2. The van der Waals surface area contributed by atoms with Crippen molar-refractivity contribution < 1.29 is 4.52 Å². The SMILES string of the molecule is CCNC(=NCc1cc(C(C)C)no1)NCCCn1ccc2ccccc21. The van der Waals surface area contributed by atoms with Crippen LogP contribution in [0.2, 0.25) is 0 Å². The van der Waals surface area contributed by atoms with E-state index < -0.39 is 0 Å². The number of hydrogen-bond donors (Lipinski definition) is 2. The van der Waals surface area contributed by atoms with Crippen LogP contribution in [0.1, 0.15) is 44.6 Å². The van der Waals surface area contributed by atoms with Gasteiger partial charge < -0.3 is 19.7 Å².